The first kappa shape index (κ1) is 16.6. The minimum Gasteiger partial charge on any atom is -0.481 e. The van der Waals surface area contributed by atoms with Crippen LogP contribution in [0, 0.1) is 10.1 Å². The normalized spacial score (nSPS) is 11.0. The van der Waals surface area contributed by atoms with Crippen molar-refractivity contribution in [2.45, 2.75) is 38.6 Å². The third kappa shape index (κ3) is 4.27. The van der Waals surface area contributed by atoms with Crippen molar-refractivity contribution in [2.24, 2.45) is 0 Å². The van der Waals surface area contributed by atoms with Crippen LogP contribution in [0.1, 0.15) is 43.5 Å². The second kappa shape index (κ2) is 6.83. The number of rotatable bonds is 7. The first-order valence-corrected chi connectivity index (χ1v) is 6.62. The number of nitrogens with one attached hydrogen (secondary N) is 1. The minimum absolute atomic E-state index is 0.102. The molecule has 0 radical (unpaired) electrons. The van der Waals surface area contributed by atoms with Crippen LogP contribution in [0.3, 0.4) is 0 Å². The predicted molar refractivity (Wildman–Crippen MR) is 76.1 cm³/mol. The van der Waals surface area contributed by atoms with Crippen molar-refractivity contribution in [1.29, 1.82) is 0 Å². The Morgan fingerprint density at radius 2 is 1.76 bits per heavy atom. The summed E-state index contributed by atoms with van der Waals surface area (Å²) in [5.41, 5.74) is -0.656. The Morgan fingerprint density at radius 3 is 2.14 bits per heavy atom. The third-order valence-corrected chi connectivity index (χ3v) is 3.56. The molecule has 1 aromatic rings. The number of benzene rings is 1. The van der Waals surface area contributed by atoms with Gasteiger partial charge < -0.3 is 10.4 Å². The maximum absolute atomic E-state index is 12.2. The molecule has 114 valence electrons. The van der Waals surface area contributed by atoms with E-state index >= 15 is 0 Å². The number of hydrogen-bond acceptors (Lipinski definition) is 4. The highest BCUT2D eigenvalue weighted by Gasteiger charge is 2.31. The molecular weight excluding hydrogens is 276 g/mol. The van der Waals surface area contributed by atoms with Crippen LogP contribution in [0.4, 0.5) is 5.69 Å². The fraction of sp³-hybridized carbons (Fsp3) is 0.429. The number of hydrogen-bond donors (Lipinski definition) is 2. The molecule has 1 amide bonds. The zero-order valence-electron chi connectivity index (χ0n) is 12.0. The number of carboxylic acid groups (broad SMARTS) is 1. The Bertz CT molecular complexity index is 535. The van der Waals surface area contributed by atoms with E-state index in [0.717, 1.165) is 0 Å². The molecule has 21 heavy (non-hydrogen) atoms. The summed E-state index contributed by atoms with van der Waals surface area (Å²) in [7, 11) is 0. The van der Waals surface area contributed by atoms with Gasteiger partial charge in [0, 0.05) is 17.7 Å². The van der Waals surface area contributed by atoms with Crippen LogP contribution < -0.4 is 5.32 Å². The average Bonchev–Trinajstić information content (AvgIpc) is 2.46. The van der Waals surface area contributed by atoms with Crippen LogP contribution in [-0.2, 0) is 4.79 Å². The maximum Gasteiger partial charge on any atom is 0.305 e. The van der Waals surface area contributed by atoms with Crippen molar-refractivity contribution >= 4 is 17.6 Å². The number of carbonyl (C=O) groups is 2. The van der Waals surface area contributed by atoms with Gasteiger partial charge in [-0.15, -0.1) is 0 Å². The molecule has 0 aliphatic rings. The molecule has 7 heteroatoms. The van der Waals surface area contributed by atoms with E-state index in [9.17, 15) is 19.7 Å². The quantitative estimate of drug-likeness (QED) is 0.592. The van der Waals surface area contributed by atoms with Gasteiger partial charge in [-0.3, -0.25) is 19.7 Å². The lowest BCUT2D eigenvalue weighted by Gasteiger charge is -2.31. The topological polar surface area (TPSA) is 110 Å². The molecule has 0 aliphatic carbocycles. The maximum atomic E-state index is 12.2. The molecular formula is C14H18N2O5. The molecule has 7 nitrogen and oxygen atoms in total. The van der Waals surface area contributed by atoms with Gasteiger partial charge >= 0.3 is 5.97 Å². The fourth-order valence-corrected chi connectivity index (χ4v) is 2.06. The lowest BCUT2D eigenvalue weighted by molar-refractivity contribution is -0.384. The van der Waals surface area contributed by atoms with Crippen molar-refractivity contribution < 1.29 is 19.6 Å². The van der Waals surface area contributed by atoms with Crippen molar-refractivity contribution in [2.75, 3.05) is 0 Å². The highest BCUT2D eigenvalue weighted by atomic mass is 16.6. The highest BCUT2D eigenvalue weighted by Crippen LogP contribution is 2.21. The zero-order valence-corrected chi connectivity index (χ0v) is 12.0. The molecule has 0 saturated carbocycles. The number of nitro benzene ring substituents is 1. The van der Waals surface area contributed by atoms with Crippen molar-refractivity contribution in [3.63, 3.8) is 0 Å². The zero-order chi connectivity index (χ0) is 16.0. The van der Waals surface area contributed by atoms with Crippen LogP contribution in [-0.4, -0.2) is 27.4 Å². The standard InChI is InChI=1S/C14H18N2O5/c1-3-14(4-2,9-12(17)18)15-13(19)10-5-7-11(8-6-10)16(20)21/h5-8H,3-4,9H2,1-2H3,(H,15,19)(H,17,18). The lowest BCUT2D eigenvalue weighted by Crippen LogP contribution is -2.49. The average molecular weight is 294 g/mol. The number of carboxylic acids is 1. The van der Waals surface area contributed by atoms with Crippen molar-refractivity contribution in [1.82, 2.24) is 5.32 Å². The third-order valence-electron chi connectivity index (χ3n) is 3.56. The summed E-state index contributed by atoms with van der Waals surface area (Å²) in [5.74, 6) is -1.42. The molecule has 0 saturated heterocycles. The Morgan fingerprint density at radius 1 is 1.24 bits per heavy atom. The molecule has 0 atom stereocenters. The Balaban J connectivity index is 2.91. The molecule has 0 aliphatic heterocycles. The van der Waals surface area contributed by atoms with Crippen LogP contribution in [0.5, 0.6) is 0 Å². The molecule has 0 spiro atoms. The molecule has 0 fully saturated rings. The van der Waals surface area contributed by atoms with Gasteiger partial charge in [0.25, 0.3) is 11.6 Å². The summed E-state index contributed by atoms with van der Waals surface area (Å²) < 4.78 is 0. The van der Waals surface area contributed by atoms with Gasteiger partial charge in [0.1, 0.15) is 0 Å². The second-order valence-corrected chi connectivity index (χ2v) is 4.82. The highest BCUT2D eigenvalue weighted by molar-refractivity contribution is 5.95. The van der Waals surface area contributed by atoms with Gasteiger partial charge in [-0.25, -0.2) is 0 Å². The lowest BCUT2D eigenvalue weighted by atomic mass is 9.88. The minimum atomic E-state index is -0.984. The molecule has 1 aromatic carbocycles. The first-order chi connectivity index (χ1) is 9.83. The van der Waals surface area contributed by atoms with Crippen LogP contribution in [0.2, 0.25) is 0 Å². The number of carbonyl (C=O) groups excluding carboxylic acids is 1. The largest absolute Gasteiger partial charge is 0.481 e. The van der Waals surface area contributed by atoms with Gasteiger partial charge in [0.15, 0.2) is 0 Å². The summed E-state index contributed by atoms with van der Waals surface area (Å²) in [4.78, 5) is 33.1. The van der Waals surface area contributed by atoms with Crippen molar-refractivity contribution in [3.05, 3.63) is 39.9 Å². The molecule has 2 N–H and O–H groups in total. The number of aliphatic carboxylic acids is 1. The van der Waals surface area contributed by atoms with Crippen molar-refractivity contribution in [3.8, 4) is 0 Å². The van der Waals surface area contributed by atoms with Crippen LogP contribution in [0.15, 0.2) is 24.3 Å². The summed E-state index contributed by atoms with van der Waals surface area (Å²) in [6.07, 6.45) is 0.793. The Labute approximate surface area is 122 Å². The summed E-state index contributed by atoms with van der Waals surface area (Å²) in [6.45, 7) is 3.62. The van der Waals surface area contributed by atoms with Gasteiger partial charge in [-0.2, -0.15) is 0 Å². The molecule has 0 heterocycles. The smallest absolute Gasteiger partial charge is 0.305 e. The number of non-ortho nitro benzene ring substituents is 1. The number of nitro groups is 1. The predicted octanol–water partition coefficient (Wildman–Crippen LogP) is 2.36. The van der Waals surface area contributed by atoms with E-state index in [0.29, 0.717) is 12.8 Å². The number of nitrogens with zero attached hydrogens (tertiary/aromatic N) is 1. The van der Waals surface area contributed by atoms with Gasteiger partial charge in [0.05, 0.1) is 16.9 Å². The molecule has 1 rings (SSSR count). The van der Waals surface area contributed by atoms with E-state index in [-0.39, 0.29) is 17.7 Å². The monoisotopic (exact) mass is 294 g/mol. The van der Waals surface area contributed by atoms with E-state index in [2.05, 4.69) is 5.32 Å². The Hall–Kier alpha value is -2.44. The first-order valence-electron chi connectivity index (χ1n) is 6.62. The van der Waals surface area contributed by atoms with Crippen LogP contribution in [0.25, 0.3) is 0 Å². The van der Waals surface area contributed by atoms with E-state index in [1.165, 1.54) is 24.3 Å². The molecule has 0 unspecified atom stereocenters. The fourth-order valence-electron chi connectivity index (χ4n) is 2.06. The molecule has 0 aromatic heterocycles. The van der Waals surface area contributed by atoms with E-state index in [1.807, 2.05) is 13.8 Å². The van der Waals surface area contributed by atoms with E-state index in [4.69, 9.17) is 5.11 Å². The van der Waals surface area contributed by atoms with Crippen LogP contribution >= 0.6 is 0 Å². The number of amides is 1. The van der Waals surface area contributed by atoms with E-state index in [1.54, 1.807) is 0 Å². The van der Waals surface area contributed by atoms with Gasteiger partial charge in [-0.1, -0.05) is 13.8 Å². The van der Waals surface area contributed by atoms with Gasteiger partial charge in [-0.05, 0) is 25.0 Å². The SMILES string of the molecule is CCC(CC)(CC(=O)O)NC(=O)c1ccc([N+](=O)[O-])cc1. The van der Waals surface area contributed by atoms with E-state index < -0.39 is 22.3 Å². The molecule has 0 bridgehead atoms. The second-order valence-electron chi connectivity index (χ2n) is 4.82. The summed E-state index contributed by atoms with van der Waals surface area (Å²) >= 11 is 0. The summed E-state index contributed by atoms with van der Waals surface area (Å²) in [6, 6.07) is 5.19. The summed E-state index contributed by atoms with van der Waals surface area (Å²) in [5, 5.41) is 22.3. The van der Waals surface area contributed by atoms with Gasteiger partial charge in [0.2, 0.25) is 0 Å². The Kier molecular flexibility index (Phi) is 5.40.